The summed E-state index contributed by atoms with van der Waals surface area (Å²) in [6, 6.07) is 9.27. The lowest BCUT2D eigenvalue weighted by Crippen LogP contribution is -2.51. The van der Waals surface area contributed by atoms with Gasteiger partial charge in [0, 0.05) is 26.2 Å². The minimum absolute atomic E-state index is 0.0749. The Morgan fingerprint density at radius 2 is 1.92 bits per heavy atom. The van der Waals surface area contributed by atoms with E-state index in [2.05, 4.69) is 5.32 Å². The van der Waals surface area contributed by atoms with Gasteiger partial charge >= 0.3 is 6.09 Å². The second-order valence-corrected chi connectivity index (χ2v) is 7.21. The summed E-state index contributed by atoms with van der Waals surface area (Å²) in [6.45, 7) is 7.82. The minimum atomic E-state index is -0.601. The highest BCUT2D eigenvalue weighted by atomic mass is 16.6. The second-order valence-electron chi connectivity index (χ2n) is 7.21. The zero-order valence-electron chi connectivity index (χ0n) is 14.9. The van der Waals surface area contributed by atoms with Gasteiger partial charge in [-0.3, -0.25) is 4.79 Å². The number of benzene rings is 1. The molecule has 1 N–H and O–H groups in total. The summed E-state index contributed by atoms with van der Waals surface area (Å²) in [5.74, 6) is -0.0749. The molecule has 0 aromatic heterocycles. The van der Waals surface area contributed by atoms with E-state index < -0.39 is 17.7 Å². The molecule has 1 unspecified atom stereocenters. The molecule has 2 amide bonds. The highest BCUT2D eigenvalue weighted by molar-refractivity contribution is 5.86. The molecule has 6 nitrogen and oxygen atoms in total. The van der Waals surface area contributed by atoms with Gasteiger partial charge < -0.3 is 19.9 Å². The first kappa shape index (κ1) is 18.3. The van der Waals surface area contributed by atoms with Crippen molar-refractivity contribution in [2.24, 2.45) is 0 Å². The Kier molecular flexibility index (Phi) is 5.83. The summed E-state index contributed by atoms with van der Waals surface area (Å²) in [6.07, 6.45) is -0.559. The van der Waals surface area contributed by atoms with Crippen LogP contribution in [0.2, 0.25) is 0 Å². The van der Waals surface area contributed by atoms with E-state index in [1.807, 2.05) is 42.3 Å². The fourth-order valence-electron chi connectivity index (χ4n) is 2.62. The van der Waals surface area contributed by atoms with Crippen molar-refractivity contribution in [1.29, 1.82) is 0 Å². The van der Waals surface area contributed by atoms with Crippen LogP contribution in [0.15, 0.2) is 30.3 Å². The molecule has 1 aliphatic heterocycles. The maximum atomic E-state index is 12.8. The van der Waals surface area contributed by atoms with E-state index in [9.17, 15) is 9.59 Å². The molecule has 0 bridgehead atoms. The van der Waals surface area contributed by atoms with Crippen molar-refractivity contribution in [2.45, 2.75) is 39.0 Å². The highest BCUT2D eigenvalue weighted by Crippen LogP contribution is 2.12. The predicted molar refractivity (Wildman–Crippen MR) is 92.5 cm³/mol. The molecule has 1 aliphatic rings. The number of amides is 2. The molecular weight excluding hydrogens is 306 g/mol. The quantitative estimate of drug-likeness (QED) is 0.917. The van der Waals surface area contributed by atoms with Crippen molar-refractivity contribution in [3.05, 3.63) is 35.9 Å². The summed E-state index contributed by atoms with van der Waals surface area (Å²) in [7, 11) is 1.95. The third-order valence-electron chi connectivity index (χ3n) is 3.76. The van der Waals surface area contributed by atoms with E-state index in [0.717, 1.165) is 12.1 Å². The lowest BCUT2D eigenvalue weighted by atomic mass is 10.2. The number of alkyl carbamates (subject to hydrolysis) is 1. The zero-order valence-corrected chi connectivity index (χ0v) is 14.9. The Morgan fingerprint density at radius 1 is 1.25 bits per heavy atom. The van der Waals surface area contributed by atoms with Crippen LogP contribution >= 0.6 is 0 Å². The third kappa shape index (κ3) is 5.53. The van der Waals surface area contributed by atoms with Gasteiger partial charge in [0.05, 0.1) is 0 Å². The van der Waals surface area contributed by atoms with E-state index in [0.29, 0.717) is 19.6 Å². The van der Waals surface area contributed by atoms with Gasteiger partial charge in [0.2, 0.25) is 5.91 Å². The van der Waals surface area contributed by atoms with Crippen LogP contribution in [0.1, 0.15) is 26.3 Å². The van der Waals surface area contributed by atoms with E-state index >= 15 is 0 Å². The van der Waals surface area contributed by atoms with Crippen LogP contribution in [-0.2, 0) is 16.1 Å². The van der Waals surface area contributed by atoms with Crippen LogP contribution in [-0.4, -0.2) is 60.1 Å². The fraction of sp³-hybridized carbons (Fsp3) is 0.556. The molecule has 24 heavy (non-hydrogen) atoms. The molecule has 0 radical (unpaired) electrons. The van der Waals surface area contributed by atoms with Crippen molar-refractivity contribution in [3.8, 4) is 0 Å². The van der Waals surface area contributed by atoms with Crippen molar-refractivity contribution in [2.75, 3.05) is 26.7 Å². The van der Waals surface area contributed by atoms with Gasteiger partial charge in [0.25, 0.3) is 0 Å². The predicted octanol–water partition coefficient (Wildman–Crippen LogP) is 1.85. The molecule has 6 heteroatoms. The van der Waals surface area contributed by atoms with E-state index in [1.165, 1.54) is 0 Å². The van der Waals surface area contributed by atoms with Gasteiger partial charge in [0.15, 0.2) is 0 Å². The number of nitrogens with one attached hydrogen (secondary N) is 1. The topological polar surface area (TPSA) is 61.9 Å². The molecule has 1 fully saturated rings. The first-order chi connectivity index (χ1) is 11.2. The number of nitrogens with zero attached hydrogens (tertiary/aromatic N) is 2. The lowest BCUT2D eigenvalue weighted by molar-refractivity contribution is -0.133. The number of hydrogen-bond acceptors (Lipinski definition) is 4. The van der Waals surface area contributed by atoms with Crippen molar-refractivity contribution < 1.29 is 14.3 Å². The monoisotopic (exact) mass is 333 g/mol. The summed E-state index contributed by atoms with van der Waals surface area (Å²) < 4.78 is 5.28. The maximum Gasteiger partial charge on any atom is 0.408 e. The van der Waals surface area contributed by atoms with Crippen LogP contribution in [0, 0.1) is 0 Å². The average Bonchev–Trinajstić information content (AvgIpc) is 2.60. The molecular formula is C18H27N3O3. The fourth-order valence-corrected chi connectivity index (χ4v) is 2.62. The van der Waals surface area contributed by atoms with Gasteiger partial charge in [0.1, 0.15) is 11.6 Å². The highest BCUT2D eigenvalue weighted by Gasteiger charge is 2.31. The number of carbonyl (C=O) groups is 2. The Balaban J connectivity index is 2.06. The summed E-state index contributed by atoms with van der Waals surface area (Å²) in [5.41, 5.74) is 0.486. The molecule has 1 aromatic carbocycles. The third-order valence-corrected chi connectivity index (χ3v) is 3.76. The normalized spacial score (nSPS) is 19.8. The SMILES string of the molecule is CN1CCN(Cc2ccccc2)C(=O)C(NC(=O)OC(C)(C)C)C1. The van der Waals surface area contributed by atoms with Gasteiger partial charge in [-0.2, -0.15) is 0 Å². The van der Waals surface area contributed by atoms with Crippen LogP contribution in [0.3, 0.4) is 0 Å². The number of hydrogen-bond donors (Lipinski definition) is 1. The van der Waals surface area contributed by atoms with Crippen LogP contribution < -0.4 is 5.32 Å². The van der Waals surface area contributed by atoms with Crippen molar-refractivity contribution >= 4 is 12.0 Å². The molecule has 132 valence electrons. The largest absolute Gasteiger partial charge is 0.444 e. The van der Waals surface area contributed by atoms with Crippen molar-refractivity contribution in [3.63, 3.8) is 0 Å². The summed E-state index contributed by atoms with van der Waals surface area (Å²) in [4.78, 5) is 28.7. The van der Waals surface area contributed by atoms with Crippen LogP contribution in [0.25, 0.3) is 0 Å². The molecule has 0 aliphatic carbocycles. The Morgan fingerprint density at radius 3 is 2.54 bits per heavy atom. The number of carbonyl (C=O) groups excluding carboxylic acids is 2. The van der Waals surface area contributed by atoms with Gasteiger partial charge in [-0.05, 0) is 33.4 Å². The van der Waals surface area contributed by atoms with E-state index in [1.54, 1.807) is 25.7 Å². The van der Waals surface area contributed by atoms with Gasteiger partial charge in [-0.15, -0.1) is 0 Å². The molecule has 0 saturated carbocycles. The summed E-state index contributed by atoms with van der Waals surface area (Å²) in [5, 5.41) is 2.72. The summed E-state index contributed by atoms with van der Waals surface area (Å²) >= 11 is 0. The first-order valence-corrected chi connectivity index (χ1v) is 8.25. The Labute approximate surface area is 143 Å². The first-order valence-electron chi connectivity index (χ1n) is 8.25. The van der Waals surface area contributed by atoms with Crippen LogP contribution in [0.5, 0.6) is 0 Å². The number of ether oxygens (including phenoxy) is 1. The molecule has 2 rings (SSSR count). The molecule has 1 heterocycles. The Hall–Kier alpha value is -2.08. The molecule has 1 atom stereocenters. The minimum Gasteiger partial charge on any atom is -0.444 e. The molecule has 1 aromatic rings. The number of rotatable bonds is 3. The van der Waals surface area contributed by atoms with Gasteiger partial charge in [-0.25, -0.2) is 4.79 Å². The lowest BCUT2D eigenvalue weighted by Gasteiger charge is -2.26. The second kappa shape index (κ2) is 7.66. The maximum absolute atomic E-state index is 12.8. The Bertz CT molecular complexity index is 569. The van der Waals surface area contributed by atoms with Crippen molar-refractivity contribution in [1.82, 2.24) is 15.1 Å². The number of likely N-dealkylation sites (N-methyl/N-ethyl adjacent to an activating group) is 1. The molecule has 0 spiro atoms. The van der Waals surface area contributed by atoms with E-state index in [4.69, 9.17) is 4.74 Å². The van der Waals surface area contributed by atoms with Gasteiger partial charge in [-0.1, -0.05) is 30.3 Å². The molecule has 1 saturated heterocycles. The van der Waals surface area contributed by atoms with E-state index in [-0.39, 0.29) is 5.91 Å². The standard InChI is InChI=1S/C18H27N3O3/c1-18(2,3)24-17(23)19-15-13-20(4)10-11-21(16(15)22)12-14-8-6-5-7-9-14/h5-9,15H,10-13H2,1-4H3,(H,19,23). The average molecular weight is 333 g/mol. The zero-order chi connectivity index (χ0) is 17.7. The van der Waals surface area contributed by atoms with Crippen LogP contribution in [0.4, 0.5) is 4.79 Å². The smallest absolute Gasteiger partial charge is 0.408 e.